The zero-order valence-corrected chi connectivity index (χ0v) is 17.0. The van der Waals surface area contributed by atoms with E-state index < -0.39 is 10.0 Å². The summed E-state index contributed by atoms with van der Waals surface area (Å²) in [6.45, 7) is 2.70. The molecule has 2 heterocycles. The van der Waals surface area contributed by atoms with Crippen LogP contribution in [0.2, 0.25) is 0 Å². The Labute approximate surface area is 173 Å². The van der Waals surface area contributed by atoms with Crippen LogP contribution in [0.15, 0.2) is 51.9 Å². The first kappa shape index (κ1) is 19.9. The van der Waals surface area contributed by atoms with E-state index in [0.29, 0.717) is 35.4 Å². The fraction of sp³-hybridized carbons (Fsp3) is 0.250. The number of fused-ring (bicyclic) bond motifs is 1. The zero-order valence-electron chi connectivity index (χ0n) is 16.2. The lowest BCUT2D eigenvalue weighted by Crippen LogP contribution is -2.28. The quantitative estimate of drug-likeness (QED) is 0.644. The van der Waals surface area contributed by atoms with Crippen LogP contribution >= 0.6 is 0 Å². The summed E-state index contributed by atoms with van der Waals surface area (Å²) in [5.41, 5.74) is 1.35. The number of aromatic nitrogens is 1. The average Bonchev–Trinajstić information content (AvgIpc) is 3.38. The first-order valence-electron chi connectivity index (χ1n) is 9.43. The van der Waals surface area contributed by atoms with Crippen LogP contribution in [0.1, 0.15) is 30.3 Å². The Balaban J connectivity index is 1.60. The zero-order chi connectivity index (χ0) is 21.3. The molecule has 1 saturated heterocycles. The summed E-state index contributed by atoms with van der Waals surface area (Å²) in [5, 5.41) is 6.84. The molecule has 9 nitrogen and oxygen atoms in total. The summed E-state index contributed by atoms with van der Waals surface area (Å²) in [6.07, 6.45) is 1.87. The molecule has 1 aliphatic rings. The molecule has 2 aromatic carbocycles. The van der Waals surface area contributed by atoms with Crippen molar-refractivity contribution in [2.45, 2.75) is 24.7 Å². The number of sulfonamides is 1. The fourth-order valence-electron chi connectivity index (χ4n) is 3.35. The Morgan fingerprint density at radius 1 is 1.03 bits per heavy atom. The maximum absolute atomic E-state index is 12.8. The molecule has 1 aliphatic heterocycles. The number of amides is 2. The van der Waals surface area contributed by atoms with Crippen molar-refractivity contribution in [3.05, 3.63) is 48.2 Å². The van der Waals surface area contributed by atoms with Gasteiger partial charge in [-0.15, -0.1) is 0 Å². The number of carbonyl (C=O) groups excluding carboxylic acids is 2. The molecule has 1 aromatic heterocycles. The van der Waals surface area contributed by atoms with Gasteiger partial charge in [-0.05, 0) is 55.3 Å². The lowest BCUT2D eigenvalue weighted by Gasteiger charge is -2.13. The van der Waals surface area contributed by atoms with E-state index in [0.717, 1.165) is 12.8 Å². The molecule has 0 unspecified atom stereocenters. The van der Waals surface area contributed by atoms with Crippen molar-refractivity contribution in [2.75, 3.05) is 23.1 Å². The highest BCUT2D eigenvalue weighted by molar-refractivity contribution is 7.92. The van der Waals surface area contributed by atoms with Crippen LogP contribution in [0, 0.1) is 0 Å². The number of hydrogen-bond donors (Lipinski definition) is 2. The Morgan fingerprint density at radius 3 is 2.37 bits per heavy atom. The van der Waals surface area contributed by atoms with Crippen LogP contribution in [-0.4, -0.2) is 43.4 Å². The molecular weight excluding hydrogens is 408 g/mol. The molecule has 0 spiro atoms. The van der Waals surface area contributed by atoms with Crippen LogP contribution in [0.25, 0.3) is 11.0 Å². The van der Waals surface area contributed by atoms with Gasteiger partial charge in [0.05, 0.1) is 10.3 Å². The molecule has 156 valence electrons. The van der Waals surface area contributed by atoms with Gasteiger partial charge in [-0.2, -0.15) is 0 Å². The fourth-order valence-corrected chi connectivity index (χ4v) is 4.43. The molecule has 0 bridgehead atoms. The van der Waals surface area contributed by atoms with Gasteiger partial charge in [0.25, 0.3) is 15.9 Å². The third-order valence-corrected chi connectivity index (χ3v) is 6.18. The van der Waals surface area contributed by atoms with E-state index in [4.69, 9.17) is 4.52 Å². The van der Waals surface area contributed by atoms with Gasteiger partial charge in [-0.1, -0.05) is 5.16 Å². The van der Waals surface area contributed by atoms with Gasteiger partial charge in [-0.3, -0.25) is 14.3 Å². The van der Waals surface area contributed by atoms with Gasteiger partial charge >= 0.3 is 0 Å². The highest BCUT2D eigenvalue weighted by atomic mass is 32.2. The molecule has 10 heteroatoms. The van der Waals surface area contributed by atoms with E-state index >= 15 is 0 Å². The van der Waals surface area contributed by atoms with Gasteiger partial charge in [0.2, 0.25) is 5.91 Å². The molecule has 30 heavy (non-hydrogen) atoms. The van der Waals surface area contributed by atoms with E-state index in [1.807, 2.05) is 0 Å². The molecule has 0 radical (unpaired) electrons. The Morgan fingerprint density at radius 2 is 1.70 bits per heavy atom. The van der Waals surface area contributed by atoms with Crippen molar-refractivity contribution in [3.63, 3.8) is 0 Å². The smallest absolute Gasteiger partial charge is 0.276 e. The number of benzene rings is 2. The normalized spacial score (nSPS) is 14.1. The Hall–Kier alpha value is -3.40. The number of nitrogens with zero attached hydrogens (tertiary/aromatic N) is 2. The molecular formula is C20H20N4O5S. The topological polar surface area (TPSA) is 122 Å². The van der Waals surface area contributed by atoms with Crippen LogP contribution in [0.5, 0.6) is 0 Å². The summed E-state index contributed by atoms with van der Waals surface area (Å²) >= 11 is 0. The number of rotatable bonds is 5. The molecule has 0 atom stereocenters. The summed E-state index contributed by atoms with van der Waals surface area (Å²) in [7, 11) is -3.91. The van der Waals surface area contributed by atoms with Crippen LogP contribution in [-0.2, 0) is 14.8 Å². The Bertz CT molecular complexity index is 1210. The minimum atomic E-state index is -3.91. The molecule has 3 aromatic rings. The standard InChI is InChI=1S/C20H20N4O5S/c1-13(25)21-14-4-6-15(7-5-14)23-30(27,28)16-8-9-18-17(12-16)19(22-29-18)20(26)24-10-2-3-11-24/h4-9,12,23H,2-3,10-11H2,1H3,(H,21,25). The van der Waals surface area contributed by atoms with E-state index in [2.05, 4.69) is 15.2 Å². The number of likely N-dealkylation sites (tertiary alicyclic amines) is 1. The predicted octanol–water partition coefficient (Wildman–Crippen LogP) is 2.82. The van der Waals surface area contributed by atoms with Crippen molar-refractivity contribution < 1.29 is 22.5 Å². The number of carbonyl (C=O) groups is 2. The minimum absolute atomic E-state index is 0.0143. The summed E-state index contributed by atoms with van der Waals surface area (Å²) in [4.78, 5) is 25.5. The van der Waals surface area contributed by atoms with Crippen LogP contribution in [0.3, 0.4) is 0 Å². The van der Waals surface area contributed by atoms with E-state index in [9.17, 15) is 18.0 Å². The second-order valence-electron chi connectivity index (χ2n) is 7.05. The van der Waals surface area contributed by atoms with E-state index in [-0.39, 0.29) is 22.4 Å². The van der Waals surface area contributed by atoms with Gasteiger partial charge in [-0.25, -0.2) is 8.42 Å². The average molecular weight is 428 g/mol. The largest absolute Gasteiger partial charge is 0.355 e. The molecule has 0 saturated carbocycles. The van der Waals surface area contributed by atoms with E-state index in [1.54, 1.807) is 29.2 Å². The third-order valence-electron chi connectivity index (χ3n) is 4.81. The van der Waals surface area contributed by atoms with Crippen LogP contribution in [0.4, 0.5) is 11.4 Å². The SMILES string of the molecule is CC(=O)Nc1ccc(NS(=O)(=O)c2ccc3onc(C(=O)N4CCCC4)c3c2)cc1. The van der Waals surface area contributed by atoms with Crippen molar-refractivity contribution in [3.8, 4) is 0 Å². The first-order valence-corrected chi connectivity index (χ1v) is 10.9. The molecule has 0 aliphatic carbocycles. The molecule has 2 N–H and O–H groups in total. The van der Waals surface area contributed by atoms with Crippen LogP contribution < -0.4 is 10.0 Å². The minimum Gasteiger partial charge on any atom is -0.355 e. The highest BCUT2D eigenvalue weighted by Crippen LogP contribution is 2.26. The van der Waals surface area contributed by atoms with Gasteiger partial charge in [0.1, 0.15) is 0 Å². The molecule has 4 rings (SSSR count). The summed E-state index contributed by atoms with van der Waals surface area (Å²) < 4.78 is 33.4. The van der Waals surface area contributed by atoms with E-state index in [1.165, 1.54) is 25.1 Å². The lowest BCUT2D eigenvalue weighted by molar-refractivity contribution is -0.114. The van der Waals surface area contributed by atoms with Gasteiger partial charge < -0.3 is 14.7 Å². The second-order valence-corrected chi connectivity index (χ2v) is 8.73. The summed E-state index contributed by atoms with van der Waals surface area (Å²) in [6, 6.07) is 10.5. The van der Waals surface area contributed by atoms with Crippen molar-refractivity contribution in [2.24, 2.45) is 0 Å². The highest BCUT2D eigenvalue weighted by Gasteiger charge is 2.26. The maximum Gasteiger partial charge on any atom is 0.276 e. The van der Waals surface area contributed by atoms with Gasteiger partial charge in [0.15, 0.2) is 11.3 Å². The molecule has 2 amide bonds. The summed E-state index contributed by atoms with van der Waals surface area (Å²) in [5.74, 6) is -0.480. The molecule has 1 fully saturated rings. The van der Waals surface area contributed by atoms with Crippen molar-refractivity contribution in [1.82, 2.24) is 10.1 Å². The maximum atomic E-state index is 12.8. The van der Waals surface area contributed by atoms with Crippen molar-refractivity contribution >= 4 is 44.2 Å². The van der Waals surface area contributed by atoms with Crippen molar-refractivity contribution in [1.29, 1.82) is 0 Å². The second kappa shape index (κ2) is 7.79. The third kappa shape index (κ3) is 3.99. The number of nitrogens with one attached hydrogen (secondary N) is 2. The first-order chi connectivity index (χ1) is 14.3. The number of hydrogen-bond acceptors (Lipinski definition) is 6. The lowest BCUT2D eigenvalue weighted by atomic mass is 10.2. The Kier molecular flexibility index (Phi) is 5.17. The monoisotopic (exact) mass is 428 g/mol. The van der Waals surface area contributed by atoms with Gasteiger partial charge in [0, 0.05) is 31.4 Å². The number of anilines is 2. The predicted molar refractivity (Wildman–Crippen MR) is 111 cm³/mol.